The van der Waals surface area contributed by atoms with Gasteiger partial charge in [-0.15, -0.1) is 0 Å². The highest BCUT2D eigenvalue weighted by atomic mass is 16.4. The zero-order valence-electron chi connectivity index (χ0n) is 13.7. The van der Waals surface area contributed by atoms with E-state index in [0.717, 1.165) is 18.4 Å². The van der Waals surface area contributed by atoms with Gasteiger partial charge in [0.1, 0.15) is 0 Å². The van der Waals surface area contributed by atoms with Crippen molar-refractivity contribution in [3.63, 3.8) is 0 Å². The van der Waals surface area contributed by atoms with E-state index < -0.39 is 5.97 Å². The van der Waals surface area contributed by atoms with Crippen LogP contribution in [-0.4, -0.2) is 39.5 Å². The lowest BCUT2D eigenvalue weighted by atomic mass is 10.1. The summed E-state index contributed by atoms with van der Waals surface area (Å²) in [7, 11) is 0. The second-order valence-electron chi connectivity index (χ2n) is 6.04. The average molecular weight is 316 g/mol. The predicted octanol–water partition coefficient (Wildman–Crippen LogP) is 3.20. The number of H-pyrrole nitrogens is 1. The Balaban J connectivity index is 1.88. The van der Waals surface area contributed by atoms with Crippen molar-refractivity contribution in [1.82, 2.24) is 9.88 Å². The molecule has 1 heterocycles. The van der Waals surface area contributed by atoms with E-state index in [1.807, 2.05) is 38.2 Å². The molecule has 5 nitrogen and oxygen atoms in total. The molecule has 0 radical (unpaired) electrons. The molecule has 0 unspecified atom stereocenters. The number of nitrogens with zero attached hydrogens (tertiary/aromatic N) is 1. The molecule has 0 spiro atoms. The second kappa shape index (κ2) is 7.81. The number of carbonyl (C=O) groups is 2. The maximum Gasteiger partial charge on any atom is 0.305 e. The lowest BCUT2D eigenvalue weighted by Crippen LogP contribution is -2.38. The fraction of sp³-hybridized carbons (Fsp3) is 0.444. The smallest absolute Gasteiger partial charge is 0.305 e. The van der Waals surface area contributed by atoms with Crippen molar-refractivity contribution in [1.29, 1.82) is 0 Å². The highest BCUT2D eigenvalue weighted by Gasteiger charge is 2.17. The summed E-state index contributed by atoms with van der Waals surface area (Å²) in [5.41, 5.74) is 2.33. The van der Waals surface area contributed by atoms with Crippen LogP contribution in [0, 0.1) is 0 Å². The van der Waals surface area contributed by atoms with Gasteiger partial charge in [-0.05, 0) is 38.3 Å². The molecule has 1 amide bonds. The number of amides is 1. The molecular weight excluding hydrogens is 292 g/mol. The number of nitrogens with one attached hydrogen (secondary N) is 1. The van der Waals surface area contributed by atoms with Crippen LogP contribution in [-0.2, 0) is 16.0 Å². The highest BCUT2D eigenvalue weighted by Crippen LogP contribution is 2.19. The Morgan fingerprint density at radius 1 is 1.22 bits per heavy atom. The average Bonchev–Trinajstić information content (AvgIpc) is 2.90. The van der Waals surface area contributed by atoms with Crippen molar-refractivity contribution in [3.8, 4) is 0 Å². The van der Waals surface area contributed by atoms with Crippen LogP contribution in [0.4, 0.5) is 0 Å². The SMILES string of the molecule is CC(C)N(CCC(=O)O)C(=O)CCCc1c[nH]c2ccccc12. The normalized spacial score (nSPS) is 11.1. The molecule has 0 aliphatic rings. The van der Waals surface area contributed by atoms with Gasteiger partial charge < -0.3 is 15.0 Å². The number of benzene rings is 1. The van der Waals surface area contributed by atoms with Gasteiger partial charge in [0.15, 0.2) is 0 Å². The number of rotatable bonds is 8. The topological polar surface area (TPSA) is 73.4 Å². The molecule has 0 bridgehead atoms. The van der Waals surface area contributed by atoms with Crippen LogP contribution in [0.25, 0.3) is 10.9 Å². The van der Waals surface area contributed by atoms with Crippen molar-refractivity contribution in [2.24, 2.45) is 0 Å². The lowest BCUT2D eigenvalue weighted by molar-refractivity contribution is -0.139. The Morgan fingerprint density at radius 2 is 1.96 bits per heavy atom. The quantitative estimate of drug-likeness (QED) is 0.785. The molecule has 0 atom stereocenters. The summed E-state index contributed by atoms with van der Waals surface area (Å²) in [5, 5.41) is 9.99. The van der Waals surface area contributed by atoms with Crippen molar-refractivity contribution < 1.29 is 14.7 Å². The number of aryl methyl sites for hydroxylation is 1. The standard InChI is InChI=1S/C18H24N2O3/c1-13(2)20(11-10-18(22)23)17(21)9-5-6-14-12-19-16-8-4-3-7-15(14)16/h3-4,7-8,12-13,19H,5-6,9-11H2,1-2H3,(H,22,23). The van der Waals surface area contributed by atoms with E-state index in [1.165, 1.54) is 10.9 Å². The molecule has 124 valence electrons. The fourth-order valence-electron chi connectivity index (χ4n) is 2.80. The first-order chi connectivity index (χ1) is 11.0. The van der Waals surface area contributed by atoms with Gasteiger partial charge in [0.2, 0.25) is 5.91 Å². The van der Waals surface area contributed by atoms with Gasteiger partial charge in [-0.1, -0.05) is 18.2 Å². The van der Waals surface area contributed by atoms with Crippen molar-refractivity contribution in [2.45, 2.75) is 45.6 Å². The number of hydrogen-bond donors (Lipinski definition) is 2. The minimum atomic E-state index is -0.873. The molecular formula is C18H24N2O3. The Labute approximate surface area is 136 Å². The summed E-state index contributed by atoms with van der Waals surface area (Å²) < 4.78 is 0. The number of carboxylic acid groups (broad SMARTS) is 1. The van der Waals surface area contributed by atoms with E-state index >= 15 is 0 Å². The Hall–Kier alpha value is -2.30. The minimum absolute atomic E-state index is 0.00757. The zero-order valence-corrected chi connectivity index (χ0v) is 13.7. The zero-order chi connectivity index (χ0) is 16.8. The van der Waals surface area contributed by atoms with Gasteiger partial charge in [0.05, 0.1) is 6.42 Å². The van der Waals surface area contributed by atoms with Crippen molar-refractivity contribution in [2.75, 3.05) is 6.54 Å². The van der Waals surface area contributed by atoms with E-state index in [1.54, 1.807) is 4.90 Å². The number of aromatic nitrogens is 1. The summed E-state index contributed by atoms with van der Waals surface area (Å²) in [6.45, 7) is 4.11. The number of carboxylic acids is 1. The van der Waals surface area contributed by atoms with Crippen LogP contribution in [0.1, 0.15) is 38.7 Å². The van der Waals surface area contributed by atoms with Gasteiger partial charge in [0, 0.05) is 36.1 Å². The first kappa shape index (κ1) is 17.1. The molecule has 1 aromatic carbocycles. The summed E-state index contributed by atoms with van der Waals surface area (Å²) in [4.78, 5) is 27.9. The van der Waals surface area contributed by atoms with Gasteiger partial charge in [-0.2, -0.15) is 0 Å². The molecule has 2 aromatic rings. The van der Waals surface area contributed by atoms with Gasteiger partial charge >= 0.3 is 5.97 Å². The van der Waals surface area contributed by atoms with E-state index in [2.05, 4.69) is 11.1 Å². The molecule has 23 heavy (non-hydrogen) atoms. The van der Waals surface area contributed by atoms with E-state index in [-0.39, 0.29) is 24.9 Å². The van der Waals surface area contributed by atoms with Crippen LogP contribution in [0.15, 0.2) is 30.5 Å². The molecule has 0 fully saturated rings. The predicted molar refractivity (Wildman–Crippen MR) is 90.3 cm³/mol. The van der Waals surface area contributed by atoms with Crippen molar-refractivity contribution >= 4 is 22.8 Å². The van der Waals surface area contributed by atoms with Crippen LogP contribution in [0.2, 0.25) is 0 Å². The third kappa shape index (κ3) is 4.58. The van der Waals surface area contributed by atoms with E-state index in [0.29, 0.717) is 6.42 Å². The maximum absolute atomic E-state index is 12.3. The molecule has 2 N–H and O–H groups in total. The Bertz CT molecular complexity index is 676. The fourth-order valence-corrected chi connectivity index (χ4v) is 2.80. The van der Waals surface area contributed by atoms with Gasteiger partial charge in [-0.3, -0.25) is 9.59 Å². The minimum Gasteiger partial charge on any atom is -0.481 e. The third-order valence-corrected chi connectivity index (χ3v) is 4.02. The third-order valence-electron chi connectivity index (χ3n) is 4.02. The van der Waals surface area contributed by atoms with E-state index in [9.17, 15) is 9.59 Å². The molecule has 5 heteroatoms. The first-order valence-electron chi connectivity index (χ1n) is 8.05. The second-order valence-corrected chi connectivity index (χ2v) is 6.04. The van der Waals surface area contributed by atoms with Crippen LogP contribution >= 0.6 is 0 Å². The maximum atomic E-state index is 12.3. The number of carbonyl (C=O) groups excluding carboxylic acids is 1. The molecule has 0 aliphatic carbocycles. The summed E-state index contributed by atoms with van der Waals surface area (Å²) >= 11 is 0. The molecule has 0 aliphatic heterocycles. The number of aliphatic carboxylic acids is 1. The monoisotopic (exact) mass is 316 g/mol. The van der Waals surface area contributed by atoms with Gasteiger partial charge in [0.25, 0.3) is 0 Å². The molecule has 2 rings (SSSR count). The summed E-state index contributed by atoms with van der Waals surface area (Å²) in [5.74, 6) is -0.844. The number of aromatic amines is 1. The molecule has 0 saturated heterocycles. The summed E-state index contributed by atoms with van der Waals surface area (Å²) in [6.07, 6.45) is 4.03. The lowest BCUT2D eigenvalue weighted by Gasteiger charge is -2.26. The Morgan fingerprint density at radius 3 is 2.65 bits per heavy atom. The number of para-hydroxylation sites is 1. The first-order valence-corrected chi connectivity index (χ1v) is 8.05. The Kier molecular flexibility index (Phi) is 5.79. The summed E-state index contributed by atoms with van der Waals surface area (Å²) in [6, 6.07) is 8.15. The van der Waals surface area contributed by atoms with Crippen LogP contribution < -0.4 is 0 Å². The molecule has 1 aromatic heterocycles. The number of hydrogen-bond acceptors (Lipinski definition) is 2. The van der Waals surface area contributed by atoms with Crippen LogP contribution in [0.3, 0.4) is 0 Å². The van der Waals surface area contributed by atoms with E-state index in [4.69, 9.17) is 5.11 Å². The number of fused-ring (bicyclic) bond motifs is 1. The van der Waals surface area contributed by atoms with Crippen molar-refractivity contribution in [3.05, 3.63) is 36.0 Å². The molecule has 0 saturated carbocycles. The highest BCUT2D eigenvalue weighted by molar-refractivity contribution is 5.83. The van der Waals surface area contributed by atoms with Crippen LogP contribution in [0.5, 0.6) is 0 Å². The largest absolute Gasteiger partial charge is 0.481 e. The van der Waals surface area contributed by atoms with Gasteiger partial charge in [-0.25, -0.2) is 0 Å².